The molecule has 1 aromatic carbocycles. The highest BCUT2D eigenvalue weighted by Gasteiger charge is 2.31. The van der Waals surface area contributed by atoms with Crippen LogP contribution >= 0.6 is 22.6 Å². The maximum absolute atomic E-state index is 12.3. The Kier molecular flexibility index (Phi) is 7.31. The molecule has 0 heterocycles. The average Bonchev–Trinajstić information content (AvgIpc) is 2.44. The Labute approximate surface area is 151 Å². The predicted octanol–water partition coefficient (Wildman–Crippen LogP) is 3.63. The van der Waals surface area contributed by atoms with E-state index in [0.29, 0.717) is 6.42 Å². The molecular weight excluding hydrogens is 409 g/mol. The molecule has 0 radical (unpaired) electrons. The third-order valence-electron chi connectivity index (χ3n) is 3.08. The molecule has 0 aromatic heterocycles. The van der Waals surface area contributed by atoms with Gasteiger partial charge in [0, 0.05) is 17.0 Å². The summed E-state index contributed by atoms with van der Waals surface area (Å²) in [5.74, 6) is -0.430. The molecule has 23 heavy (non-hydrogen) atoms. The number of hydrogen-bond acceptors (Lipinski definition) is 4. The molecule has 1 amide bonds. The van der Waals surface area contributed by atoms with Crippen molar-refractivity contribution in [2.45, 2.75) is 45.8 Å². The number of carbonyl (C=O) groups is 2. The number of amides is 1. The molecule has 1 unspecified atom stereocenters. The summed E-state index contributed by atoms with van der Waals surface area (Å²) >= 11 is 2.21. The van der Waals surface area contributed by atoms with Crippen molar-refractivity contribution in [3.63, 3.8) is 0 Å². The van der Waals surface area contributed by atoms with Gasteiger partial charge < -0.3 is 9.47 Å². The molecule has 0 aliphatic rings. The minimum Gasteiger partial charge on any atom is -0.464 e. The van der Waals surface area contributed by atoms with Crippen molar-refractivity contribution < 1.29 is 19.1 Å². The van der Waals surface area contributed by atoms with Crippen LogP contribution in [-0.2, 0) is 20.7 Å². The normalized spacial score (nSPS) is 12.4. The standard InChI is InChI=1S/C17H24INO4/c1-6-22-15(20)14(11-12-9-7-8-10-13(12)18)19(5)16(21)23-17(2,3)4/h7-10,14H,6,11H2,1-5H3. The van der Waals surface area contributed by atoms with Crippen LogP contribution in [0, 0.1) is 3.57 Å². The molecule has 128 valence electrons. The molecule has 0 spiro atoms. The Morgan fingerprint density at radius 1 is 1.26 bits per heavy atom. The van der Waals surface area contributed by atoms with Gasteiger partial charge in [-0.05, 0) is 61.9 Å². The second kappa shape index (κ2) is 8.52. The third-order valence-corrected chi connectivity index (χ3v) is 4.13. The van der Waals surface area contributed by atoms with Gasteiger partial charge in [0.15, 0.2) is 0 Å². The van der Waals surface area contributed by atoms with Crippen LogP contribution < -0.4 is 0 Å². The third kappa shape index (κ3) is 6.37. The van der Waals surface area contributed by atoms with Gasteiger partial charge in [0.1, 0.15) is 11.6 Å². The fourth-order valence-corrected chi connectivity index (χ4v) is 2.56. The van der Waals surface area contributed by atoms with E-state index in [1.807, 2.05) is 24.3 Å². The number of likely N-dealkylation sites (N-methyl/N-ethyl adjacent to an activating group) is 1. The lowest BCUT2D eigenvalue weighted by Crippen LogP contribution is -2.46. The lowest BCUT2D eigenvalue weighted by atomic mass is 10.1. The Bertz CT molecular complexity index is 554. The zero-order valence-corrected chi connectivity index (χ0v) is 16.4. The van der Waals surface area contributed by atoms with E-state index in [0.717, 1.165) is 9.13 Å². The van der Waals surface area contributed by atoms with Gasteiger partial charge in [-0.25, -0.2) is 9.59 Å². The van der Waals surface area contributed by atoms with Gasteiger partial charge in [0.05, 0.1) is 6.61 Å². The number of halogens is 1. The highest BCUT2D eigenvalue weighted by atomic mass is 127. The maximum atomic E-state index is 12.3. The van der Waals surface area contributed by atoms with Crippen molar-refractivity contribution in [3.8, 4) is 0 Å². The van der Waals surface area contributed by atoms with E-state index >= 15 is 0 Å². The minimum absolute atomic E-state index is 0.267. The van der Waals surface area contributed by atoms with E-state index in [4.69, 9.17) is 9.47 Å². The van der Waals surface area contributed by atoms with Crippen molar-refractivity contribution >= 4 is 34.7 Å². The number of benzene rings is 1. The fourth-order valence-electron chi connectivity index (χ4n) is 1.95. The Hall–Kier alpha value is -1.31. The summed E-state index contributed by atoms with van der Waals surface area (Å²) in [4.78, 5) is 25.9. The molecule has 6 heteroatoms. The number of rotatable bonds is 5. The zero-order chi connectivity index (χ0) is 17.6. The summed E-state index contributed by atoms with van der Waals surface area (Å²) in [6.45, 7) is 7.38. The maximum Gasteiger partial charge on any atom is 0.410 e. The zero-order valence-electron chi connectivity index (χ0n) is 14.3. The molecule has 0 saturated carbocycles. The summed E-state index contributed by atoms with van der Waals surface area (Å²) in [6, 6.07) is 7.03. The Morgan fingerprint density at radius 2 is 1.87 bits per heavy atom. The van der Waals surface area contributed by atoms with E-state index in [-0.39, 0.29) is 6.61 Å². The minimum atomic E-state index is -0.722. The molecule has 0 aliphatic carbocycles. The van der Waals surface area contributed by atoms with Crippen LogP contribution in [0.2, 0.25) is 0 Å². The summed E-state index contributed by atoms with van der Waals surface area (Å²) in [6.07, 6.45) is -0.158. The van der Waals surface area contributed by atoms with Crippen LogP contribution in [0.4, 0.5) is 4.79 Å². The summed E-state index contributed by atoms with van der Waals surface area (Å²) in [5.41, 5.74) is 0.368. The van der Waals surface area contributed by atoms with E-state index in [1.54, 1.807) is 34.7 Å². The molecule has 1 rings (SSSR count). The van der Waals surface area contributed by atoms with Crippen molar-refractivity contribution in [1.82, 2.24) is 4.90 Å². The summed E-state index contributed by atoms with van der Waals surface area (Å²) < 4.78 is 11.5. The quantitative estimate of drug-likeness (QED) is 0.526. The first kappa shape index (κ1) is 19.7. The second-order valence-electron chi connectivity index (χ2n) is 6.15. The van der Waals surface area contributed by atoms with Gasteiger partial charge in [-0.1, -0.05) is 18.2 Å². The fraction of sp³-hybridized carbons (Fsp3) is 0.529. The van der Waals surface area contributed by atoms with E-state index in [1.165, 1.54) is 4.90 Å². The molecule has 1 aromatic rings. The van der Waals surface area contributed by atoms with Crippen LogP contribution in [0.1, 0.15) is 33.3 Å². The first-order valence-electron chi connectivity index (χ1n) is 7.51. The smallest absolute Gasteiger partial charge is 0.410 e. The van der Waals surface area contributed by atoms with Crippen LogP contribution in [0.3, 0.4) is 0 Å². The number of carbonyl (C=O) groups excluding carboxylic acids is 2. The van der Waals surface area contributed by atoms with Crippen LogP contribution in [0.15, 0.2) is 24.3 Å². The summed E-state index contributed by atoms with van der Waals surface area (Å²) in [5, 5.41) is 0. The highest BCUT2D eigenvalue weighted by molar-refractivity contribution is 14.1. The van der Waals surface area contributed by atoms with Gasteiger partial charge in [-0.3, -0.25) is 4.90 Å². The topological polar surface area (TPSA) is 55.8 Å². The lowest BCUT2D eigenvalue weighted by molar-refractivity contribution is -0.148. The van der Waals surface area contributed by atoms with E-state index in [9.17, 15) is 9.59 Å². The van der Waals surface area contributed by atoms with Crippen LogP contribution in [0.25, 0.3) is 0 Å². The molecule has 0 bridgehead atoms. The SMILES string of the molecule is CCOC(=O)C(Cc1ccccc1I)N(C)C(=O)OC(C)(C)C. The van der Waals surface area contributed by atoms with E-state index < -0.39 is 23.7 Å². The molecule has 1 atom stereocenters. The Balaban J connectivity index is 2.98. The number of nitrogens with zero attached hydrogens (tertiary/aromatic N) is 1. The van der Waals surface area contributed by atoms with Gasteiger partial charge in [-0.15, -0.1) is 0 Å². The number of ether oxygens (including phenoxy) is 2. The van der Waals surface area contributed by atoms with Gasteiger partial charge in [-0.2, -0.15) is 0 Å². The molecule has 0 aliphatic heterocycles. The molecule has 5 nitrogen and oxygen atoms in total. The summed E-state index contributed by atoms with van der Waals surface area (Å²) in [7, 11) is 1.56. The molecule has 0 N–H and O–H groups in total. The number of hydrogen-bond donors (Lipinski definition) is 0. The van der Waals surface area contributed by atoms with Crippen molar-refractivity contribution in [3.05, 3.63) is 33.4 Å². The van der Waals surface area contributed by atoms with Gasteiger partial charge in [0.25, 0.3) is 0 Å². The Morgan fingerprint density at radius 3 is 2.39 bits per heavy atom. The monoisotopic (exact) mass is 433 g/mol. The van der Waals surface area contributed by atoms with Crippen molar-refractivity contribution in [2.75, 3.05) is 13.7 Å². The highest BCUT2D eigenvalue weighted by Crippen LogP contribution is 2.18. The van der Waals surface area contributed by atoms with Gasteiger partial charge >= 0.3 is 12.1 Å². The first-order valence-corrected chi connectivity index (χ1v) is 8.59. The van der Waals surface area contributed by atoms with Crippen molar-refractivity contribution in [2.24, 2.45) is 0 Å². The molecule has 0 fully saturated rings. The lowest BCUT2D eigenvalue weighted by Gasteiger charge is -2.29. The van der Waals surface area contributed by atoms with E-state index in [2.05, 4.69) is 22.6 Å². The predicted molar refractivity (Wildman–Crippen MR) is 97.3 cm³/mol. The van der Waals surface area contributed by atoms with Crippen LogP contribution in [0.5, 0.6) is 0 Å². The number of esters is 1. The average molecular weight is 433 g/mol. The van der Waals surface area contributed by atoms with Crippen LogP contribution in [-0.4, -0.2) is 42.3 Å². The largest absolute Gasteiger partial charge is 0.464 e. The van der Waals surface area contributed by atoms with Crippen molar-refractivity contribution in [1.29, 1.82) is 0 Å². The second-order valence-corrected chi connectivity index (χ2v) is 7.32. The molecular formula is C17H24INO4. The van der Waals surface area contributed by atoms with Gasteiger partial charge in [0.2, 0.25) is 0 Å². The first-order chi connectivity index (χ1) is 10.7. The molecule has 0 saturated heterocycles.